The lowest BCUT2D eigenvalue weighted by Gasteiger charge is -2.16. The maximum absolute atomic E-state index is 12.2. The fourth-order valence-electron chi connectivity index (χ4n) is 1.22. The summed E-state index contributed by atoms with van der Waals surface area (Å²) in [5.41, 5.74) is 0.276. The second-order valence-corrected chi connectivity index (χ2v) is 7.06. The Kier molecular flexibility index (Phi) is 6.60. The van der Waals surface area contributed by atoms with Gasteiger partial charge in [0.1, 0.15) is 5.49 Å². The second-order valence-electron chi connectivity index (χ2n) is 3.15. The molecule has 1 rings (SSSR count). The van der Waals surface area contributed by atoms with Gasteiger partial charge >= 0.3 is 7.60 Å². The van der Waals surface area contributed by atoms with E-state index in [0.29, 0.717) is 18.2 Å². The lowest BCUT2D eigenvalue weighted by Crippen LogP contribution is -1.97. The van der Waals surface area contributed by atoms with E-state index in [0.717, 1.165) is 4.90 Å². The predicted molar refractivity (Wildman–Crippen MR) is 73.0 cm³/mol. The molecular weight excluding hydrogens is 279 g/mol. The van der Waals surface area contributed by atoms with Crippen molar-refractivity contribution in [2.75, 3.05) is 18.7 Å². The largest absolute Gasteiger partial charge is 0.340 e. The van der Waals surface area contributed by atoms with Crippen molar-refractivity contribution in [2.24, 2.45) is 0 Å². The first-order valence-corrected chi connectivity index (χ1v) is 8.46. The van der Waals surface area contributed by atoms with E-state index in [1.807, 2.05) is 18.2 Å². The second kappa shape index (κ2) is 7.45. The number of halogens is 1. The average Bonchev–Trinajstić information content (AvgIpc) is 2.29. The van der Waals surface area contributed by atoms with Crippen LogP contribution < -0.4 is 0 Å². The smallest absolute Gasteiger partial charge is 0.308 e. The summed E-state index contributed by atoms with van der Waals surface area (Å²) in [6.07, 6.45) is 0. The zero-order valence-electron chi connectivity index (χ0n) is 9.89. The Balaban J connectivity index is 2.64. The number of rotatable bonds is 7. The third kappa shape index (κ3) is 5.02. The molecular formula is C11H16ClO3PS. The lowest BCUT2D eigenvalue weighted by molar-refractivity contribution is 0.224. The van der Waals surface area contributed by atoms with Crippen molar-refractivity contribution >= 4 is 31.0 Å². The van der Waals surface area contributed by atoms with E-state index in [2.05, 4.69) is 0 Å². The Bertz CT molecular complexity index is 390. The lowest BCUT2D eigenvalue weighted by atomic mass is 10.4. The molecule has 0 atom stereocenters. The molecule has 3 nitrogen and oxygen atoms in total. The van der Waals surface area contributed by atoms with Crippen molar-refractivity contribution in [1.82, 2.24) is 0 Å². The summed E-state index contributed by atoms with van der Waals surface area (Å²) in [5.74, 6) is 0. The van der Waals surface area contributed by atoms with Crippen LogP contribution in [0.15, 0.2) is 29.2 Å². The maximum Gasteiger partial charge on any atom is 0.340 e. The topological polar surface area (TPSA) is 35.5 Å². The summed E-state index contributed by atoms with van der Waals surface area (Å²) in [7, 11) is -3.00. The molecule has 1 aromatic carbocycles. The van der Waals surface area contributed by atoms with Crippen LogP contribution in [0.5, 0.6) is 0 Å². The standard InChI is InChI=1S/C11H16ClO3PS/c1-3-14-16(13,15-4-2)9-17-11-8-6-5-7-10(11)12/h5-8H,3-4,9H2,1-2H3. The van der Waals surface area contributed by atoms with Crippen LogP contribution in [0.2, 0.25) is 5.02 Å². The molecule has 1 aromatic rings. The van der Waals surface area contributed by atoms with Gasteiger partial charge in [-0.2, -0.15) is 0 Å². The molecule has 96 valence electrons. The van der Waals surface area contributed by atoms with Crippen LogP contribution in [0.4, 0.5) is 0 Å². The fraction of sp³-hybridized carbons (Fsp3) is 0.455. The minimum Gasteiger partial charge on any atom is -0.308 e. The van der Waals surface area contributed by atoms with E-state index in [1.165, 1.54) is 11.8 Å². The van der Waals surface area contributed by atoms with E-state index >= 15 is 0 Å². The molecule has 0 saturated carbocycles. The van der Waals surface area contributed by atoms with Gasteiger partial charge in [0.15, 0.2) is 0 Å². The van der Waals surface area contributed by atoms with Gasteiger partial charge in [0.2, 0.25) is 0 Å². The van der Waals surface area contributed by atoms with Crippen LogP contribution in [0.3, 0.4) is 0 Å². The van der Waals surface area contributed by atoms with E-state index in [9.17, 15) is 4.57 Å². The molecule has 0 N–H and O–H groups in total. The zero-order valence-corrected chi connectivity index (χ0v) is 12.4. The zero-order chi connectivity index (χ0) is 12.7. The minimum absolute atomic E-state index is 0.276. The number of thioether (sulfide) groups is 1. The van der Waals surface area contributed by atoms with Gasteiger partial charge in [0.05, 0.1) is 18.2 Å². The van der Waals surface area contributed by atoms with Gasteiger partial charge in [-0.05, 0) is 26.0 Å². The Morgan fingerprint density at radius 2 is 1.82 bits per heavy atom. The Hall–Kier alpha value is 0.01000. The van der Waals surface area contributed by atoms with E-state index in [-0.39, 0.29) is 5.49 Å². The highest BCUT2D eigenvalue weighted by Crippen LogP contribution is 2.52. The van der Waals surface area contributed by atoms with Crippen molar-refractivity contribution < 1.29 is 13.6 Å². The maximum atomic E-state index is 12.2. The van der Waals surface area contributed by atoms with E-state index in [4.69, 9.17) is 20.6 Å². The van der Waals surface area contributed by atoms with Crippen LogP contribution in [0, 0.1) is 0 Å². The first-order valence-electron chi connectivity index (χ1n) is 5.36. The van der Waals surface area contributed by atoms with E-state index < -0.39 is 7.60 Å². The van der Waals surface area contributed by atoms with Crippen LogP contribution in [0.25, 0.3) is 0 Å². The molecule has 0 unspecified atom stereocenters. The monoisotopic (exact) mass is 294 g/mol. The summed E-state index contributed by atoms with van der Waals surface area (Å²) < 4.78 is 22.6. The third-order valence-corrected chi connectivity index (χ3v) is 6.06. The molecule has 0 aliphatic rings. The fourth-order valence-corrected chi connectivity index (χ4v) is 4.54. The average molecular weight is 295 g/mol. The first kappa shape index (κ1) is 15.1. The Labute approximate surface area is 111 Å². The Morgan fingerprint density at radius 3 is 2.35 bits per heavy atom. The predicted octanol–water partition coefficient (Wildman–Crippen LogP) is 4.66. The molecule has 17 heavy (non-hydrogen) atoms. The van der Waals surface area contributed by atoms with Crippen LogP contribution in [-0.2, 0) is 13.6 Å². The summed E-state index contributed by atoms with van der Waals surface area (Å²) in [6, 6.07) is 7.43. The van der Waals surface area contributed by atoms with Crippen molar-refractivity contribution in [2.45, 2.75) is 18.7 Å². The van der Waals surface area contributed by atoms with Gasteiger partial charge in [0.25, 0.3) is 0 Å². The van der Waals surface area contributed by atoms with Gasteiger partial charge in [-0.15, -0.1) is 11.8 Å². The van der Waals surface area contributed by atoms with Gasteiger partial charge in [-0.3, -0.25) is 4.57 Å². The highest BCUT2D eigenvalue weighted by atomic mass is 35.5. The van der Waals surface area contributed by atoms with Crippen LogP contribution in [-0.4, -0.2) is 18.7 Å². The first-order chi connectivity index (χ1) is 8.11. The van der Waals surface area contributed by atoms with Gasteiger partial charge in [-0.1, -0.05) is 23.7 Å². The van der Waals surface area contributed by atoms with Crippen molar-refractivity contribution in [3.8, 4) is 0 Å². The molecule has 0 bridgehead atoms. The van der Waals surface area contributed by atoms with Crippen LogP contribution >= 0.6 is 31.0 Å². The molecule has 0 heterocycles. The highest BCUT2D eigenvalue weighted by Gasteiger charge is 2.23. The summed E-state index contributed by atoms with van der Waals surface area (Å²) in [6.45, 7) is 4.35. The Morgan fingerprint density at radius 1 is 1.24 bits per heavy atom. The van der Waals surface area contributed by atoms with Crippen molar-refractivity contribution in [3.05, 3.63) is 29.3 Å². The summed E-state index contributed by atoms with van der Waals surface area (Å²) >= 11 is 7.40. The molecule has 0 radical (unpaired) electrons. The molecule has 0 aromatic heterocycles. The number of benzene rings is 1. The summed E-state index contributed by atoms with van der Waals surface area (Å²) in [5, 5.41) is 0.650. The van der Waals surface area contributed by atoms with Gasteiger partial charge in [0, 0.05) is 4.90 Å². The highest BCUT2D eigenvalue weighted by molar-refractivity contribution is 8.04. The number of hydrogen-bond donors (Lipinski definition) is 0. The summed E-state index contributed by atoms with van der Waals surface area (Å²) in [4.78, 5) is 0.883. The van der Waals surface area contributed by atoms with Gasteiger partial charge in [-0.25, -0.2) is 0 Å². The quantitative estimate of drug-likeness (QED) is 0.541. The molecule has 6 heteroatoms. The van der Waals surface area contributed by atoms with Crippen LogP contribution in [0.1, 0.15) is 13.8 Å². The normalized spacial score (nSPS) is 11.7. The molecule has 0 aliphatic carbocycles. The molecule has 0 aliphatic heterocycles. The van der Waals surface area contributed by atoms with Crippen molar-refractivity contribution in [3.63, 3.8) is 0 Å². The van der Waals surface area contributed by atoms with Gasteiger partial charge < -0.3 is 9.05 Å². The molecule has 0 amide bonds. The molecule has 0 saturated heterocycles. The van der Waals surface area contributed by atoms with Crippen molar-refractivity contribution in [1.29, 1.82) is 0 Å². The molecule has 0 spiro atoms. The number of hydrogen-bond acceptors (Lipinski definition) is 4. The molecule has 0 fully saturated rings. The third-order valence-electron chi connectivity index (χ3n) is 1.87. The minimum atomic E-state index is -3.00. The van der Waals surface area contributed by atoms with E-state index in [1.54, 1.807) is 19.9 Å². The SMILES string of the molecule is CCOP(=O)(CSc1ccccc1Cl)OCC.